The van der Waals surface area contributed by atoms with E-state index < -0.39 is 0 Å². The number of carbonyl (C=O) groups excluding carboxylic acids is 1. The third-order valence-electron chi connectivity index (χ3n) is 4.77. The van der Waals surface area contributed by atoms with Gasteiger partial charge >= 0.3 is 0 Å². The molecule has 110 valence electrons. The molecular formula is C19H28O. The van der Waals surface area contributed by atoms with Crippen LogP contribution in [0.25, 0.3) is 0 Å². The molecule has 1 aromatic carbocycles. The third-order valence-corrected chi connectivity index (χ3v) is 4.77. The predicted octanol–water partition coefficient (Wildman–Crippen LogP) is 4.88. The second kappa shape index (κ2) is 5.71. The molecule has 0 saturated heterocycles. The Balaban J connectivity index is 2.15. The van der Waals surface area contributed by atoms with Crippen LogP contribution in [0.5, 0.6) is 0 Å². The van der Waals surface area contributed by atoms with Crippen molar-refractivity contribution in [3.05, 3.63) is 34.9 Å². The Bertz CT molecular complexity index is 478. The summed E-state index contributed by atoms with van der Waals surface area (Å²) in [4.78, 5) is 12.4. The standard InChI is InChI=1S/C19H28O/c1-13-6-7-17(18(20)11-13)19(4,5)12-16-9-14(2)8-15(3)10-16/h8-10,13,17H,6-7,11-12H2,1-5H3. The normalized spacial score (nSPS) is 23.9. The van der Waals surface area contributed by atoms with E-state index in [0.29, 0.717) is 11.7 Å². The molecule has 0 bridgehead atoms. The molecule has 1 saturated carbocycles. The molecule has 0 spiro atoms. The number of rotatable bonds is 3. The molecule has 1 nitrogen and oxygen atoms in total. The number of carbonyl (C=O) groups is 1. The first-order valence-electron chi connectivity index (χ1n) is 7.88. The molecule has 2 atom stereocenters. The van der Waals surface area contributed by atoms with E-state index in [1.165, 1.54) is 23.1 Å². The zero-order valence-electron chi connectivity index (χ0n) is 13.6. The van der Waals surface area contributed by atoms with Crippen molar-refractivity contribution in [1.82, 2.24) is 0 Å². The lowest BCUT2D eigenvalue weighted by atomic mass is 9.66. The smallest absolute Gasteiger partial charge is 0.136 e. The minimum absolute atomic E-state index is 0.0669. The van der Waals surface area contributed by atoms with Crippen LogP contribution in [0.1, 0.15) is 56.7 Å². The molecule has 1 aliphatic carbocycles. The molecule has 0 aliphatic heterocycles. The summed E-state index contributed by atoms with van der Waals surface area (Å²) in [6, 6.07) is 6.75. The monoisotopic (exact) mass is 272 g/mol. The average Bonchev–Trinajstić information content (AvgIpc) is 2.25. The van der Waals surface area contributed by atoms with E-state index in [0.717, 1.165) is 19.3 Å². The fourth-order valence-electron chi connectivity index (χ4n) is 3.85. The Morgan fingerprint density at radius 3 is 2.25 bits per heavy atom. The zero-order chi connectivity index (χ0) is 14.9. The summed E-state index contributed by atoms with van der Waals surface area (Å²) < 4.78 is 0. The van der Waals surface area contributed by atoms with Crippen LogP contribution in [0.3, 0.4) is 0 Å². The Labute approximate surface area is 123 Å². The van der Waals surface area contributed by atoms with Crippen molar-refractivity contribution in [3.63, 3.8) is 0 Å². The summed E-state index contributed by atoms with van der Waals surface area (Å²) in [5.74, 6) is 1.30. The van der Waals surface area contributed by atoms with Crippen LogP contribution >= 0.6 is 0 Å². The summed E-state index contributed by atoms with van der Waals surface area (Å²) in [7, 11) is 0. The highest BCUT2D eigenvalue weighted by atomic mass is 16.1. The predicted molar refractivity (Wildman–Crippen MR) is 84.9 cm³/mol. The van der Waals surface area contributed by atoms with Crippen molar-refractivity contribution >= 4 is 5.78 Å². The van der Waals surface area contributed by atoms with Gasteiger partial charge in [0.1, 0.15) is 5.78 Å². The van der Waals surface area contributed by atoms with E-state index in [2.05, 4.69) is 52.8 Å². The molecule has 1 heteroatoms. The SMILES string of the molecule is Cc1cc(C)cc(CC(C)(C)C2CCC(C)CC2=O)c1. The van der Waals surface area contributed by atoms with Crippen molar-refractivity contribution in [2.24, 2.45) is 17.3 Å². The summed E-state index contributed by atoms with van der Waals surface area (Å²) >= 11 is 0. The van der Waals surface area contributed by atoms with Gasteiger partial charge in [-0.2, -0.15) is 0 Å². The minimum Gasteiger partial charge on any atom is -0.299 e. The van der Waals surface area contributed by atoms with Crippen molar-refractivity contribution in [1.29, 1.82) is 0 Å². The molecule has 1 aromatic rings. The number of Topliss-reactive ketones (excluding diaryl/α,β-unsaturated/α-hetero) is 1. The van der Waals surface area contributed by atoms with Crippen molar-refractivity contribution < 1.29 is 4.79 Å². The highest BCUT2D eigenvalue weighted by molar-refractivity contribution is 5.82. The van der Waals surface area contributed by atoms with E-state index >= 15 is 0 Å². The lowest BCUT2D eigenvalue weighted by Crippen LogP contribution is -2.36. The molecule has 1 fully saturated rings. The molecule has 0 N–H and O–H groups in total. The highest BCUT2D eigenvalue weighted by Gasteiger charge is 2.37. The molecule has 0 heterocycles. The quantitative estimate of drug-likeness (QED) is 0.766. The summed E-state index contributed by atoms with van der Waals surface area (Å²) in [6.07, 6.45) is 4.05. The number of ketones is 1. The number of hydrogen-bond donors (Lipinski definition) is 0. The average molecular weight is 272 g/mol. The lowest BCUT2D eigenvalue weighted by Gasteiger charge is -2.37. The van der Waals surface area contributed by atoms with Gasteiger partial charge in [0.25, 0.3) is 0 Å². The van der Waals surface area contributed by atoms with Crippen LogP contribution in [-0.2, 0) is 11.2 Å². The lowest BCUT2D eigenvalue weighted by molar-refractivity contribution is -0.129. The van der Waals surface area contributed by atoms with Gasteiger partial charge in [-0.25, -0.2) is 0 Å². The third kappa shape index (κ3) is 3.50. The van der Waals surface area contributed by atoms with Gasteiger partial charge in [0.15, 0.2) is 0 Å². The number of aryl methyl sites for hydroxylation is 2. The Kier molecular flexibility index (Phi) is 4.36. The fourth-order valence-corrected chi connectivity index (χ4v) is 3.85. The Morgan fingerprint density at radius 1 is 1.10 bits per heavy atom. The maximum Gasteiger partial charge on any atom is 0.136 e. The first kappa shape index (κ1) is 15.3. The number of benzene rings is 1. The molecule has 0 radical (unpaired) electrons. The second-order valence-corrected chi connectivity index (χ2v) is 7.57. The minimum atomic E-state index is 0.0669. The highest BCUT2D eigenvalue weighted by Crippen LogP contribution is 2.40. The van der Waals surface area contributed by atoms with Crippen LogP contribution in [0.4, 0.5) is 0 Å². The molecule has 0 aromatic heterocycles. The molecule has 2 unspecified atom stereocenters. The number of hydrogen-bond acceptors (Lipinski definition) is 1. The molecule has 20 heavy (non-hydrogen) atoms. The Morgan fingerprint density at radius 2 is 1.70 bits per heavy atom. The van der Waals surface area contributed by atoms with E-state index in [-0.39, 0.29) is 11.3 Å². The summed E-state index contributed by atoms with van der Waals surface area (Å²) in [5, 5.41) is 0. The van der Waals surface area contributed by atoms with Gasteiger partial charge in [0.05, 0.1) is 0 Å². The van der Waals surface area contributed by atoms with Crippen LogP contribution < -0.4 is 0 Å². The fraction of sp³-hybridized carbons (Fsp3) is 0.632. The molecule has 2 rings (SSSR count). The van der Waals surface area contributed by atoms with Crippen molar-refractivity contribution in [2.75, 3.05) is 0 Å². The van der Waals surface area contributed by atoms with Gasteiger partial charge in [-0.3, -0.25) is 4.79 Å². The van der Waals surface area contributed by atoms with E-state index in [4.69, 9.17) is 0 Å². The largest absolute Gasteiger partial charge is 0.299 e. The van der Waals surface area contributed by atoms with Crippen LogP contribution in [0.2, 0.25) is 0 Å². The van der Waals surface area contributed by atoms with Crippen molar-refractivity contribution in [3.8, 4) is 0 Å². The van der Waals surface area contributed by atoms with Gasteiger partial charge in [-0.15, -0.1) is 0 Å². The summed E-state index contributed by atoms with van der Waals surface area (Å²) in [5.41, 5.74) is 4.08. The van der Waals surface area contributed by atoms with Crippen LogP contribution in [0, 0.1) is 31.1 Å². The topological polar surface area (TPSA) is 17.1 Å². The summed E-state index contributed by atoms with van der Waals surface area (Å²) in [6.45, 7) is 11.0. The van der Waals surface area contributed by atoms with Gasteiger partial charge < -0.3 is 0 Å². The van der Waals surface area contributed by atoms with Gasteiger partial charge in [0, 0.05) is 12.3 Å². The van der Waals surface area contributed by atoms with E-state index in [9.17, 15) is 4.79 Å². The first-order chi connectivity index (χ1) is 9.28. The first-order valence-corrected chi connectivity index (χ1v) is 7.88. The zero-order valence-corrected chi connectivity index (χ0v) is 13.6. The Hall–Kier alpha value is -1.11. The van der Waals surface area contributed by atoms with Gasteiger partial charge in [-0.1, -0.05) is 50.1 Å². The van der Waals surface area contributed by atoms with E-state index in [1.54, 1.807) is 0 Å². The maximum absolute atomic E-state index is 12.4. The molecule has 1 aliphatic rings. The van der Waals surface area contributed by atoms with Crippen LogP contribution in [0.15, 0.2) is 18.2 Å². The molecular weight excluding hydrogens is 244 g/mol. The molecule has 0 amide bonds. The maximum atomic E-state index is 12.4. The van der Waals surface area contributed by atoms with Crippen LogP contribution in [-0.4, -0.2) is 5.78 Å². The van der Waals surface area contributed by atoms with E-state index in [1.807, 2.05) is 0 Å². The van der Waals surface area contributed by atoms with Gasteiger partial charge in [-0.05, 0) is 50.0 Å². The van der Waals surface area contributed by atoms with Crippen molar-refractivity contribution in [2.45, 2.75) is 60.3 Å². The van der Waals surface area contributed by atoms with Gasteiger partial charge in [0.2, 0.25) is 0 Å². The second-order valence-electron chi connectivity index (χ2n) is 7.57.